The minimum Gasteiger partial charge on any atom is -0.510 e. The molecule has 0 aliphatic rings. The largest absolute Gasteiger partial charge is 0.510 e. The molecule has 5 nitrogen and oxygen atoms in total. The summed E-state index contributed by atoms with van der Waals surface area (Å²) in [5.41, 5.74) is 5.62. The van der Waals surface area contributed by atoms with Gasteiger partial charge in [-0.2, -0.15) is 0 Å². The molecular weight excluding hydrogens is 124 g/mol. The van der Waals surface area contributed by atoms with E-state index in [9.17, 15) is 4.79 Å². The van der Waals surface area contributed by atoms with E-state index in [-0.39, 0.29) is 0 Å². The molecule has 9 heavy (non-hydrogen) atoms. The predicted molar refractivity (Wildman–Crippen MR) is 28.1 cm³/mol. The van der Waals surface area contributed by atoms with Crippen LogP contribution >= 0.6 is 0 Å². The summed E-state index contributed by atoms with van der Waals surface area (Å²) < 4.78 is 0. The van der Waals surface area contributed by atoms with E-state index in [4.69, 9.17) is 15.7 Å². The number of nitrogens with zero attached hydrogens (tertiary/aromatic N) is 1. The van der Waals surface area contributed by atoms with Crippen LogP contribution in [0.4, 0.5) is 0 Å². The number of rotatable bonds is 2. The van der Waals surface area contributed by atoms with Gasteiger partial charge in [-0.1, -0.05) is 0 Å². The lowest BCUT2D eigenvalue weighted by Gasteiger charge is -1.90. The van der Waals surface area contributed by atoms with Crippen LogP contribution in [0.5, 0.6) is 0 Å². The van der Waals surface area contributed by atoms with Crippen LogP contribution in [0.1, 0.15) is 6.92 Å². The number of carboxylic acid groups (broad SMARTS) is 1. The average Bonchev–Trinajstić information content (AvgIpc) is 1.64. The van der Waals surface area contributed by atoms with Crippen LogP contribution in [0.25, 0.3) is 0 Å². The molecule has 50 valence electrons. The molecule has 0 aromatic carbocycles. The highest BCUT2D eigenvalue weighted by molar-refractivity contribution is 5.86. The number of aliphatic carboxylic acids is 1. The quantitative estimate of drug-likeness (QED) is 0.294. The number of hydrogen-bond donors (Lipinski definition) is 3. The molecule has 3 N–H and O–H groups in total. The third-order valence-corrected chi connectivity index (χ3v) is 0.657. The fraction of sp³-hybridized carbons (Fsp3) is 0.250. The summed E-state index contributed by atoms with van der Waals surface area (Å²) in [7, 11) is 0. The first-order valence-electron chi connectivity index (χ1n) is 2.10. The lowest BCUT2D eigenvalue weighted by Crippen LogP contribution is -1.99. The van der Waals surface area contributed by atoms with E-state index in [2.05, 4.69) is 5.11 Å². The molecule has 0 rings (SSSR count). The number of hydrogen-bond acceptors (Lipinski definition) is 4. The molecule has 0 aromatic rings. The second-order valence-electron chi connectivity index (χ2n) is 1.35. The monoisotopic (exact) mass is 130 g/mol. The Morgan fingerprint density at radius 2 is 2.00 bits per heavy atom. The van der Waals surface area contributed by atoms with Crippen LogP contribution in [0.2, 0.25) is 0 Å². The molecule has 0 saturated carbocycles. The lowest BCUT2D eigenvalue weighted by molar-refractivity contribution is -0.132. The van der Waals surface area contributed by atoms with Crippen LogP contribution in [0.3, 0.4) is 0 Å². The highest BCUT2D eigenvalue weighted by atomic mass is 16.4. The molecule has 0 bridgehead atoms. The topological polar surface area (TPSA) is 93.7 Å². The van der Waals surface area contributed by atoms with Crippen LogP contribution in [-0.2, 0) is 4.79 Å². The first-order valence-corrected chi connectivity index (χ1v) is 2.10. The molecular formula is C4H6N2O3. The lowest BCUT2D eigenvalue weighted by atomic mass is 10.4. The first-order chi connectivity index (χ1) is 4.09. The maximum Gasteiger partial charge on any atom is 0.359 e. The number of aliphatic hydroxyl groups excluding tert-OH is 1. The summed E-state index contributed by atoms with van der Waals surface area (Å²) in [5, 5.41) is 19.1. The molecule has 0 heterocycles. The fourth-order valence-electron chi connectivity index (χ4n) is 0.283. The maximum atomic E-state index is 9.94. The zero-order valence-electron chi connectivity index (χ0n) is 4.75. The van der Waals surface area contributed by atoms with E-state index < -0.39 is 17.4 Å². The maximum absolute atomic E-state index is 9.94. The molecule has 0 aliphatic heterocycles. The molecule has 0 radical (unpaired) electrons. The molecule has 0 unspecified atom stereocenters. The van der Waals surface area contributed by atoms with Crippen molar-refractivity contribution < 1.29 is 15.0 Å². The second-order valence-corrected chi connectivity index (χ2v) is 1.35. The Balaban J connectivity index is 4.55. The van der Waals surface area contributed by atoms with Crippen LogP contribution in [0, 0.1) is 5.53 Å². The Morgan fingerprint density at radius 3 is 2.00 bits per heavy atom. The highest BCUT2D eigenvalue weighted by Crippen LogP contribution is 2.00. The van der Waals surface area contributed by atoms with Crippen molar-refractivity contribution in [2.75, 3.05) is 0 Å². The number of allylic oxidation sites excluding steroid dienone is 1. The van der Waals surface area contributed by atoms with Crippen molar-refractivity contribution in [2.45, 2.75) is 6.92 Å². The van der Waals surface area contributed by atoms with Gasteiger partial charge in [-0.25, -0.2) is 10.3 Å². The summed E-state index contributed by atoms with van der Waals surface area (Å²) >= 11 is 0. The van der Waals surface area contributed by atoms with E-state index in [0.29, 0.717) is 0 Å². The molecule has 5 heteroatoms. The summed E-state index contributed by atoms with van der Waals surface area (Å²) in [6.07, 6.45) is 0. The minimum atomic E-state index is -1.40. The Kier molecular flexibility index (Phi) is 2.37. The summed E-state index contributed by atoms with van der Waals surface area (Å²) in [6.45, 7) is 1.15. The van der Waals surface area contributed by atoms with Crippen molar-refractivity contribution in [3.05, 3.63) is 11.5 Å². The molecule has 0 spiro atoms. The van der Waals surface area contributed by atoms with Gasteiger partial charge in [0.25, 0.3) is 0 Å². The van der Waals surface area contributed by atoms with Gasteiger partial charge in [0.15, 0.2) is 0 Å². The van der Waals surface area contributed by atoms with E-state index in [1.807, 2.05) is 0 Å². The van der Waals surface area contributed by atoms with Crippen molar-refractivity contribution in [1.82, 2.24) is 0 Å². The summed E-state index contributed by atoms with van der Waals surface area (Å²) in [4.78, 5) is 9.94. The van der Waals surface area contributed by atoms with Gasteiger partial charge >= 0.3 is 5.97 Å². The van der Waals surface area contributed by atoms with Crippen molar-refractivity contribution in [1.29, 1.82) is 5.53 Å². The zero-order chi connectivity index (χ0) is 7.44. The predicted octanol–water partition coefficient (Wildman–Crippen LogP) is 0.891. The van der Waals surface area contributed by atoms with Gasteiger partial charge in [0, 0.05) is 0 Å². The zero-order valence-corrected chi connectivity index (χ0v) is 4.75. The van der Waals surface area contributed by atoms with Gasteiger partial charge in [-0.05, 0) is 6.92 Å². The van der Waals surface area contributed by atoms with Crippen LogP contribution in [-0.4, -0.2) is 16.2 Å². The Hall–Kier alpha value is -1.39. The Bertz CT molecular complexity index is 169. The van der Waals surface area contributed by atoms with E-state index in [1.54, 1.807) is 0 Å². The summed E-state index contributed by atoms with van der Waals surface area (Å²) in [6, 6.07) is 0. The van der Waals surface area contributed by atoms with Gasteiger partial charge in [-0.3, -0.25) is 0 Å². The van der Waals surface area contributed by atoms with Gasteiger partial charge in [0.1, 0.15) is 5.76 Å². The third-order valence-electron chi connectivity index (χ3n) is 0.657. The van der Waals surface area contributed by atoms with Gasteiger partial charge in [-0.15, -0.1) is 5.11 Å². The van der Waals surface area contributed by atoms with Gasteiger partial charge < -0.3 is 10.2 Å². The number of carbonyl (C=O) groups is 1. The number of nitrogens with one attached hydrogen (secondary N) is 1. The van der Waals surface area contributed by atoms with Crippen LogP contribution < -0.4 is 0 Å². The standard InChI is InChI=1S/C4H6N2O3/c1-2(7)3(6-5)4(8)9/h5,7H,1H3,(H,8,9). The summed E-state index contributed by atoms with van der Waals surface area (Å²) in [5.74, 6) is -1.86. The van der Waals surface area contributed by atoms with Gasteiger partial charge in [0.05, 0.1) is 0 Å². The SMILES string of the molecule is CC(O)=C(N=N)C(=O)O. The average molecular weight is 130 g/mol. The van der Waals surface area contributed by atoms with Gasteiger partial charge in [0.2, 0.25) is 5.70 Å². The molecule has 0 amide bonds. The van der Waals surface area contributed by atoms with E-state index >= 15 is 0 Å². The normalized spacial score (nSPS) is 12.1. The van der Waals surface area contributed by atoms with Crippen molar-refractivity contribution in [3.63, 3.8) is 0 Å². The number of aliphatic hydroxyl groups is 1. The van der Waals surface area contributed by atoms with Crippen molar-refractivity contribution in [2.24, 2.45) is 5.11 Å². The molecule has 0 atom stereocenters. The fourth-order valence-corrected chi connectivity index (χ4v) is 0.283. The molecule has 0 aliphatic carbocycles. The number of carboxylic acids is 1. The third kappa shape index (κ3) is 1.89. The Labute approximate surface area is 51.1 Å². The molecule has 0 saturated heterocycles. The second kappa shape index (κ2) is 2.81. The smallest absolute Gasteiger partial charge is 0.359 e. The molecule has 0 aromatic heterocycles. The minimum absolute atomic E-state index is 0.461. The molecule has 0 fully saturated rings. The van der Waals surface area contributed by atoms with E-state index in [1.165, 1.54) is 0 Å². The highest BCUT2D eigenvalue weighted by Gasteiger charge is 2.08. The van der Waals surface area contributed by atoms with Crippen molar-refractivity contribution in [3.8, 4) is 0 Å². The van der Waals surface area contributed by atoms with Crippen molar-refractivity contribution >= 4 is 5.97 Å². The van der Waals surface area contributed by atoms with E-state index in [0.717, 1.165) is 6.92 Å². The first kappa shape index (κ1) is 7.61. The Morgan fingerprint density at radius 1 is 1.56 bits per heavy atom. The van der Waals surface area contributed by atoms with Crippen LogP contribution in [0.15, 0.2) is 16.6 Å².